The summed E-state index contributed by atoms with van der Waals surface area (Å²) in [5.74, 6) is 0. The SMILES string of the molecule is Cc1ccccc1CN(C1Cc2cc(-c3ccccc3)ccc2N(Cc2cncn2C)C1)S(=O)(=O)c1cn(C)cn1. The maximum Gasteiger partial charge on any atom is 0.262 e. The van der Waals surface area contributed by atoms with Crippen molar-refractivity contribution < 1.29 is 8.42 Å². The summed E-state index contributed by atoms with van der Waals surface area (Å²) in [5.41, 5.74) is 7.58. The van der Waals surface area contributed by atoms with E-state index in [0.717, 1.165) is 39.2 Å². The lowest BCUT2D eigenvalue weighted by Crippen LogP contribution is -2.50. The topological polar surface area (TPSA) is 76.3 Å². The van der Waals surface area contributed by atoms with Crippen molar-refractivity contribution in [1.29, 1.82) is 0 Å². The van der Waals surface area contributed by atoms with Crippen molar-refractivity contribution in [1.82, 2.24) is 23.4 Å². The molecule has 0 spiro atoms. The third kappa shape index (κ3) is 5.42. The largest absolute Gasteiger partial charge is 0.364 e. The van der Waals surface area contributed by atoms with Crippen molar-refractivity contribution in [3.63, 3.8) is 0 Å². The summed E-state index contributed by atoms with van der Waals surface area (Å²) in [6, 6.07) is 24.5. The van der Waals surface area contributed by atoms with Crippen LogP contribution in [-0.4, -0.2) is 44.4 Å². The highest BCUT2D eigenvalue weighted by atomic mass is 32.2. The predicted molar refractivity (Wildman–Crippen MR) is 161 cm³/mol. The Hall–Kier alpha value is -4.21. The molecule has 1 unspecified atom stereocenters. The first-order chi connectivity index (χ1) is 19.8. The molecule has 6 rings (SSSR count). The van der Waals surface area contributed by atoms with Gasteiger partial charge in [-0.2, -0.15) is 4.31 Å². The van der Waals surface area contributed by atoms with E-state index >= 15 is 0 Å². The van der Waals surface area contributed by atoms with Gasteiger partial charge in [-0.05, 0) is 53.3 Å². The predicted octanol–water partition coefficient (Wildman–Crippen LogP) is 4.95. The first kappa shape index (κ1) is 27.0. The number of hydrogen-bond acceptors (Lipinski definition) is 5. The summed E-state index contributed by atoms with van der Waals surface area (Å²) in [6.45, 7) is 3.45. The van der Waals surface area contributed by atoms with Gasteiger partial charge >= 0.3 is 0 Å². The second kappa shape index (κ2) is 11.0. The number of hydrogen-bond donors (Lipinski definition) is 0. The van der Waals surface area contributed by atoms with Gasteiger partial charge in [0.25, 0.3) is 10.0 Å². The van der Waals surface area contributed by atoms with E-state index in [1.54, 1.807) is 28.4 Å². The summed E-state index contributed by atoms with van der Waals surface area (Å²) in [7, 11) is -0.124. The Morgan fingerprint density at radius 2 is 1.73 bits per heavy atom. The van der Waals surface area contributed by atoms with Crippen LogP contribution in [0, 0.1) is 6.92 Å². The molecule has 9 heteroatoms. The molecule has 0 aliphatic carbocycles. The molecule has 0 saturated carbocycles. The molecule has 0 amide bonds. The van der Waals surface area contributed by atoms with Crippen molar-refractivity contribution in [2.45, 2.75) is 37.5 Å². The van der Waals surface area contributed by atoms with Gasteiger partial charge in [0.15, 0.2) is 5.03 Å². The summed E-state index contributed by atoms with van der Waals surface area (Å²) in [5, 5.41) is 0.0654. The van der Waals surface area contributed by atoms with Crippen LogP contribution in [0.2, 0.25) is 0 Å². The Balaban J connectivity index is 1.45. The second-order valence-electron chi connectivity index (χ2n) is 10.8. The highest BCUT2D eigenvalue weighted by molar-refractivity contribution is 7.89. The smallest absolute Gasteiger partial charge is 0.262 e. The van der Waals surface area contributed by atoms with Crippen LogP contribution in [-0.2, 0) is 43.6 Å². The molecule has 1 aliphatic rings. The minimum absolute atomic E-state index is 0.0654. The Morgan fingerprint density at radius 1 is 0.951 bits per heavy atom. The van der Waals surface area contributed by atoms with Gasteiger partial charge in [0.2, 0.25) is 0 Å². The molecule has 1 atom stereocenters. The number of fused-ring (bicyclic) bond motifs is 1. The fourth-order valence-corrected chi connectivity index (χ4v) is 7.18. The molecular weight excluding hydrogens is 532 g/mol. The minimum Gasteiger partial charge on any atom is -0.364 e. The van der Waals surface area contributed by atoms with E-state index in [1.807, 2.05) is 67.2 Å². The van der Waals surface area contributed by atoms with Crippen LogP contribution in [0.15, 0.2) is 103 Å². The van der Waals surface area contributed by atoms with Crippen LogP contribution in [0.3, 0.4) is 0 Å². The van der Waals surface area contributed by atoms with Crippen LogP contribution in [0.5, 0.6) is 0 Å². The Bertz CT molecular complexity index is 1780. The van der Waals surface area contributed by atoms with Crippen LogP contribution in [0.25, 0.3) is 11.1 Å². The highest BCUT2D eigenvalue weighted by Crippen LogP contribution is 2.36. The lowest BCUT2D eigenvalue weighted by molar-refractivity contribution is 0.301. The van der Waals surface area contributed by atoms with Crippen LogP contribution >= 0.6 is 0 Å². The molecule has 5 aromatic rings. The van der Waals surface area contributed by atoms with E-state index in [0.29, 0.717) is 19.5 Å². The van der Waals surface area contributed by atoms with Crippen LogP contribution < -0.4 is 4.90 Å². The van der Waals surface area contributed by atoms with Crippen molar-refractivity contribution >= 4 is 15.7 Å². The summed E-state index contributed by atoms with van der Waals surface area (Å²) in [4.78, 5) is 10.9. The van der Waals surface area contributed by atoms with Gasteiger partial charge in [0, 0.05) is 51.3 Å². The van der Waals surface area contributed by atoms with Gasteiger partial charge in [-0.25, -0.2) is 18.4 Å². The molecule has 2 aromatic heterocycles. The van der Waals surface area contributed by atoms with E-state index in [2.05, 4.69) is 45.2 Å². The molecule has 0 saturated heterocycles. The van der Waals surface area contributed by atoms with E-state index < -0.39 is 10.0 Å². The number of rotatable bonds is 8. The molecule has 1 aliphatic heterocycles. The molecule has 0 bridgehead atoms. The van der Waals surface area contributed by atoms with E-state index in [9.17, 15) is 8.42 Å². The van der Waals surface area contributed by atoms with Crippen molar-refractivity contribution in [2.75, 3.05) is 11.4 Å². The third-order valence-corrected chi connectivity index (χ3v) is 9.72. The summed E-state index contributed by atoms with van der Waals surface area (Å²) in [6.07, 6.45) is 7.38. The Labute approximate surface area is 241 Å². The standard InChI is InChI=1S/C32H34N6O2S/c1-24-9-7-8-12-27(24)18-38(41(39,40)32-21-35(2)23-34-32)29-16-28-15-26(25-10-5-4-6-11-25)13-14-31(28)37(19-29)20-30-17-33-22-36(30)3/h4-15,17,21-23,29H,16,18-20H2,1-3H3. The zero-order chi connectivity index (χ0) is 28.6. The molecule has 41 heavy (non-hydrogen) atoms. The average Bonchev–Trinajstić information content (AvgIpc) is 3.60. The molecule has 3 heterocycles. The molecule has 210 valence electrons. The first-order valence-corrected chi connectivity index (χ1v) is 15.2. The molecule has 0 radical (unpaired) electrons. The summed E-state index contributed by atoms with van der Waals surface area (Å²) >= 11 is 0. The number of imidazole rings is 2. The quantitative estimate of drug-likeness (QED) is 0.266. The van der Waals surface area contributed by atoms with Gasteiger partial charge < -0.3 is 14.0 Å². The maximum absolute atomic E-state index is 14.3. The summed E-state index contributed by atoms with van der Waals surface area (Å²) < 4.78 is 33.9. The van der Waals surface area contributed by atoms with E-state index in [1.165, 1.54) is 6.33 Å². The lowest BCUT2D eigenvalue weighted by atomic mass is 9.93. The highest BCUT2D eigenvalue weighted by Gasteiger charge is 2.38. The number of nitrogens with zero attached hydrogens (tertiary/aromatic N) is 6. The number of sulfonamides is 1. The van der Waals surface area contributed by atoms with Crippen molar-refractivity contribution in [3.05, 3.63) is 120 Å². The molecular formula is C32H34N6O2S. The molecule has 0 N–H and O–H groups in total. The number of benzene rings is 3. The van der Waals surface area contributed by atoms with E-state index in [4.69, 9.17) is 0 Å². The zero-order valence-electron chi connectivity index (χ0n) is 23.6. The zero-order valence-corrected chi connectivity index (χ0v) is 24.4. The number of anilines is 1. The Kier molecular flexibility index (Phi) is 7.23. The fraction of sp³-hybridized carbons (Fsp3) is 0.250. The second-order valence-corrected chi connectivity index (χ2v) is 12.6. The molecule has 8 nitrogen and oxygen atoms in total. The van der Waals surface area contributed by atoms with E-state index in [-0.39, 0.29) is 17.6 Å². The van der Waals surface area contributed by atoms with Gasteiger partial charge in [-0.1, -0.05) is 60.7 Å². The number of aromatic nitrogens is 4. The first-order valence-electron chi connectivity index (χ1n) is 13.7. The van der Waals surface area contributed by atoms with Gasteiger partial charge in [0.05, 0.1) is 24.9 Å². The monoisotopic (exact) mass is 566 g/mol. The maximum atomic E-state index is 14.3. The third-order valence-electron chi connectivity index (χ3n) is 7.93. The van der Waals surface area contributed by atoms with Crippen molar-refractivity contribution in [3.8, 4) is 11.1 Å². The Morgan fingerprint density at radius 3 is 2.44 bits per heavy atom. The van der Waals surface area contributed by atoms with Crippen LogP contribution in [0.4, 0.5) is 5.69 Å². The number of aryl methyl sites for hydroxylation is 3. The van der Waals surface area contributed by atoms with Gasteiger partial charge in [-0.3, -0.25) is 0 Å². The van der Waals surface area contributed by atoms with Gasteiger partial charge in [-0.15, -0.1) is 0 Å². The van der Waals surface area contributed by atoms with Crippen molar-refractivity contribution in [2.24, 2.45) is 14.1 Å². The molecule has 3 aromatic carbocycles. The average molecular weight is 567 g/mol. The van der Waals surface area contributed by atoms with Gasteiger partial charge in [0.1, 0.15) is 0 Å². The fourth-order valence-electron chi connectivity index (χ4n) is 5.62. The normalized spacial score (nSPS) is 15.3. The lowest BCUT2D eigenvalue weighted by Gasteiger charge is -2.41. The molecule has 0 fully saturated rings. The van der Waals surface area contributed by atoms with Crippen LogP contribution in [0.1, 0.15) is 22.4 Å². The minimum atomic E-state index is -3.90.